The molecule has 2 aliphatic rings. The number of nitrogens with zero attached hydrogens (tertiary/aromatic N) is 4. The number of hydrogen-bond donors (Lipinski definition) is 8. The van der Waals surface area contributed by atoms with Crippen LogP contribution < -0.4 is 21.7 Å². The summed E-state index contributed by atoms with van der Waals surface area (Å²) in [5.41, 5.74) is 7.42. The van der Waals surface area contributed by atoms with Crippen molar-refractivity contribution in [2.75, 3.05) is 17.6 Å². The van der Waals surface area contributed by atoms with Gasteiger partial charge in [0.25, 0.3) is 17.7 Å². The molecule has 16 nitrogen and oxygen atoms in total. The van der Waals surface area contributed by atoms with E-state index in [4.69, 9.17) is 10.5 Å². The van der Waals surface area contributed by atoms with E-state index in [0.29, 0.717) is 11.1 Å². The van der Waals surface area contributed by atoms with Gasteiger partial charge in [-0.15, -0.1) is 0 Å². The molecular weight excluding hydrogens is 504 g/mol. The van der Waals surface area contributed by atoms with E-state index in [-0.39, 0.29) is 41.7 Å². The number of hydrogen-bond acceptors (Lipinski definition) is 12. The summed E-state index contributed by atoms with van der Waals surface area (Å²) in [6, 6.07) is 4.63. The Balaban J connectivity index is 1.19. The van der Waals surface area contributed by atoms with E-state index in [1.807, 2.05) is 0 Å². The number of aromatic nitrogens is 4. The molecule has 0 saturated carbocycles. The zero-order chi connectivity index (χ0) is 27.1. The number of carbonyl (C=O) groups excluding carboxylic acids is 3. The third-order valence-corrected chi connectivity index (χ3v) is 6.42. The lowest BCUT2D eigenvalue weighted by Crippen LogP contribution is -2.50. The van der Waals surface area contributed by atoms with Gasteiger partial charge in [0.1, 0.15) is 30.2 Å². The molecule has 0 bridgehead atoms. The molecule has 1 saturated heterocycles. The van der Waals surface area contributed by atoms with Gasteiger partial charge in [0, 0.05) is 29.9 Å². The van der Waals surface area contributed by atoms with E-state index in [9.17, 15) is 34.8 Å². The van der Waals surface area contributed by atoms with Crippen LogP contribution in [0.4, 0.5) is 11.5 Å². The minimum atomic E-state index is -2.16. The number of aliphatic hydroxyl groups excluding tert-OH is 4. The first kappa shape index (κ1) is 25.4. The number of amides is 3. The highest BCUT2D eigenvalue weighted by Gasteiger charge is 2.44. The van der Waals surface area contributed by atoms with Gasteiger partial charge in [-0.3, -0.25) is 19.0 Å². The van der Waals surface area contributed by atoms with Crippen LogP contribution in [0.5, 0.6) is 0 Å². The number of nitrogens with one attached hydrogen (secondary N) is 3. The summed E-state index contributed by atoms with van der Waals surface area (Å²) in [6.07, 6.45) is -6.92. The van der Waals surface area contributed by atoms with Crippen LogP contribution in [0.25, 0.3) is 11.2 Å². The Labute approximate surface area is 213 Å². The maximum absolute atomic E-state index is 12.5. The number of rotatable bonds is 7. The molecule has 200 valence electrons. The van der Waals surface area contributed by atoms with Crippen molar-refractivity contribution in [1.29, 1.82) is 0 Å². The summed E-state index contributed by atoms with van der Waals surface area (Å²) in [6.45, 7) is -0.196. The zero-order valence-electron chi connectivity index (χ0n) is 19.6. The van der Waals surface area contributed by atoms with Crippen LogP contribution in [0, 0.1) is 0 Å². The monoisotopic (exact) mass is 528 g/mol. The number of nitrogens with two attached hydrogens (primary N) is 1. The molecule has 3 aromatic rings. The van der Waals surface area contributed by atoms with Gasteiger partial charge in [0.2, 0.25) is 0 Å². The first-order valence-corrected chi connectivity index (χ1v) is 11.5. The number of anilines is 2. The third kappa shape index (κ3) is 4.39. The fourth-order valence-electron chi connectivity index (χ4n) is 4.35. The van der Waals surface area contributed by atoms with Crippen LogP contribution in [0.2, 0.25) is 0 Å². The van der Waals surface area contributed by atoms with Gasteiger partial charge in [0.15, 0.2) is 29.9 Å². The van der Waals surface area contributed by atoms with Gasteiger partial charge in [0.05, 0.1) is 6.33 Å². The van der Waals surface area contributed by atoms with Crippen molar-refractivity contribution >= 4 is 40.4 Å². The van der Waals surface area contributed by atoms with E-state index in [2.05, 4.69) is 30.9 Å². The van der Waals surface area contributed by atoms with Crippen LogP contribution >= 0.6 is 0 Å². The molecule has 3 amide bonds. The zero-order valence-corrected chi connectivity index (χ0v) is 19.6. The number of imidazole rings is 1. The summed E-state index contributed by atoms with van der Waals surface area (Å²) in [5.74, 6) is -2.38. The van der Waals surface area contributed by atoms with Crippen LogP contribution in [0.3, 0.4) is 0 Å². The van der Waals surface area contributed by atoms with Crippen LogP contribution in [-0.4, -0.2) is 94.7 Å². The SMILES string of the molecule is Nc1ncnc2c1ncn2C1OC(CNC(=O)C(O)C(O)C(=O)Nc2cccc3c2CNC3=O)C(O)C1O. The average Bonchev–Trinajstić information content (AvgIpc) is 3.59. The Morgan fingerprint density at radius 2 is 1.92 bits per heavy atom. The Morgan fingerprint density at radius 3 is 2.71 bits per heavy atom. The Kier molecular flexibility index (Phi) is 6.64. The highest BCUT2D eigenvalue weighted by molar-refractivity contribution is 6.03. The standard InChI is InChI=1S/C22H24N8O8/c23-17-12-18(27-6-26-17)30(7-28-12)22-16(34)13(31)11(38-22)5-25-20(36)14(32)15(33)21(37)29-10-3-1-2-8-9(10)4-24-19(8)35/h1-3,6-7,11,13-16,22,31-34H,4-5H2,(H,24,35)(H,25,36)(H,29,37)(H2,23,26,27). The van der Waals surface area contributed by atoms with Crippen LogP contribution in [0.1, 0.15) is 22.1 Å². The minimum absolute atomic E-state index is 0.115. The normalized spacial score (nSPS) is 24.1. The first-order chi connectivity index (χ1) is 18.2. The van der Waals surface area contributed by atoms with Gasteiger partial charge in [-0.05, 0) is 12.1 Å². The number of aliphatic hydroxyl groups is 4. The lowest BCUT2D eigenvalue weighted by Gasteiger charge is -2.20. The maximum atomic E-state index is 12.5. The summed E-state index contributed by atoms with van der Waals surface area (Å²) in [5, 5.41) is 48.7. The van der Waals surface area contributed by atoms with E-state index >= 15 is 0 Å². The summed E-state index contributed by atoms with van der Waals surface area (Å²) < 4.78 is 7.05. The smallest absolute Gasteiger partial charge is 0.256 e. The van der Waals surface area contributed by atoms with E-state index in [0.717, 1.165) is 0 Å². The molecule has 5 rings (SSSR count). The number of carbonyl (C=O) groups is 3. The Bertz CT molecular complexity index is 1410. The molecule has 4 heterocycles. The van der Waals surface area contributed by atoms with Gasteiger partial charge in [-0.25, -0.2) is 15.0 Å². The molecule has 16 heteroatoms. The van der Waals surface area contributed by atoms with Crippen molar-refractivity contribution in [2.24, 2.45) is 0 Å². The van der Waals surface area contributed by atoms with Crippen molar-refractivity contribution in [3.05, 3.63) is 42.0 Å². The lowest BCUT2D eigenvalue weighted by atomic mass is 10.1. The number of nitrogen functional groups attached to an aromatic ring is 1. The molecule has 0 spiro atoms. The van der Waals surface area contributed by atoms with Crippen molar-refractivity contribution in [3.63, 3.8) is 0 Å². The lowest BCUT2D eigenvalue weighted by molar-refractivity contribution is -0.143. The van der Waals surface area contributed by atoms with E-state index in [1.165, 1.54) is 29.4 Å². The largest absolute Gasteiger partial charge is 0.387 e. The first-order valence-electron chi connectivity index (χ1n) is 11.5. The van der Waals surface area contributed by atoms with Crippen molar-refractivity contribution in [3.8, 4) is 0 Å². The molecular formula is C22H24N8O8. The number of ether oxygens (including phenoxy) is 1. The van der Waals surface area contributed by atoms with Gasteiger partial charge in [-0.1, -0.05) is 6.07 Å². The van der Waals surface area contributed by atoms with Crippen LogP contribution in [-0.2, 0) is 20.9 Å². The summed E-state index contributed by atoms with van der Waals surface area (Å²) >= 11 is 0. The number of fused-ring (bicyclic) bond motifs is 2. The maximum Gasteiger partial charge on any atom is 0.256 e. The van der Waals surface area contributed by atoms with Crippen molar-refractivity contribution in [1.82, 2.24) is 30.2 Å². The molecule has 9 N–H and O–H groups in total. The van der Waals surface area contributed by atoms with Crippen LogP contribution in [0.15, 0.2) is 30.9 Å². The van der Waals surface area contributed by atoms with Crippen molar-refractivity contribution < 1.29 is 39.5 Å². The topological polar surface area (TPSA) is 247 Å². The van der Waals surface area contributed by atoms with E-state index < -0.39 is 48.6 Å². The molecule has 2 aromatic heterocycles. The quantitative estimate of drug-likeness (QED) is 0.151. The van der Waals surface area contributed by atoms with E-state index in [1.54, 1.807) is 6.07 Å². The second-order valence-electron chi connectivity index (χ2n) is 8.77. The predicted octanol–water partition coefficient (Wildman–Crippen LogP) is -3.25. The Morgan fingerprint density at radius 1 is 1.16 bits per heavy atom. The molecule has 0 aliphatic carbocycles. The second-order valence-corrected chi connectivity index (χ2v) is 8.77. The highest BCUT2D eigenvalue weighted by atomic mass is 16.6. The summed E-state index contributed by atoms with van der Waals surface area (Å²) in [7, 11) is 0. The van der Waals surface area contributed by atoms with Gasteiger partial charge in [-0.2, -0.15) is 0 Å². The molecule has 0 radical (unpaired) electrons. The van der Waals surface area contributed by atoms with Crippen molar-refractivity contribution in [2.45, 2.75) is 43.3 Å². The fraction of sp³-hybridized carbons (Fsp3) is 0.364. The average molecular weight is 528 g/mol. The minimum Gasteiger partial charge on any atom is -0.387 e. The molecule has 1 fully saturated rings. The third-order valence-electron chi connectivity index (χ3n) is 6.42. The highest BCUT2D eigenvalue weighted by Crippen LogP contribution is 2.31. The molecule has 2 aliphatic heterocycles. The fourth-order valence-corrected chi connectivity index (χ4v) is 4.35. The van der Waals surface area contributed by atoms with Gasteiger partial charge >= 0.3 is 0 Å². The second kappa shape index (κ2) is 9.92. The number of benzene rings is 1. The molecule has 6 atom stereocenters. The molecule has 1 aromatic carbocycles. The Hall–Kier alpha value is -4.22. The summed E-state index contributed by atoms with van der Waals surface area (Å²) in [4.78, 5) is 48.7. The molecule has 38 heavy (non-hydrogen) atoms. The predicted molar refractivity (Wildman–Crippen MR) is 127 cm³/mol. The molecule has 6 unspecified atom stereocenters. The van der Waals surface area contributed by atoms with Gasteiger partial charge < -0.3 is 46.8 Å².